The van der Waals surface area contributed by atoms with Crippen LogP contribution in [0, 0.1) is 5.82 Å². The summed E-state index contributed by atoms with van der Waals surface area (Å²) in [6, 6.07) is 9.58. The molecule has 0 aliphatic rings. The third-order valence-electron chi connectivity index (χ3n) is 6.43. The molecule has 5 rings (SSSR count). The van der Waals surface area contributed by atoms with Crippen LogP contribution < -0.4 is 10.9 Å². The molecule has 0 fully saturated rings. The smallest absolute Gasteiger partial charge is 0.437 e. The van der Waals surface area contributed by atoms with Gasteiger partial charge in [-0.15, -0.1) is 0 Å². The summed E-state index contributed by atoms with van der Waals surface area (Å²) in [6.07, 6.45) is -12.5. The molecule has 42 heavy (non-hydrogen) atoms. The van der Waals surface area contributed by atoms with Gasteiger partial charge in [0.15, 0.2) is 5.58 Å². The molecule has 2 N–H and O–H groups in total. The Balaban J connectivity index is 1.63. The highest BCUT2D eigenvalue weighted by atomic mass is 19.4. The number of nitrogens with zero attached hydrogens (tertiary/aromatic N) is 1. The molecule has 3 heterocycles. The van der Waals surface area contributed by atoms with Gasteiger partial charge >= 0.3 is 18.3 Å². The molecule has 220 valence electrons. The molecule has 0 aliphatic carbocycles. The van der Waals surface area contributed by atoms with Crippen LogP contribution in [0.3, 0.4) is 0 Å². The molecule has 6 nitrogen and oxygen atoms in total. The van der Waals surface area contributed by atoms with E-state index in [0.29, 0.717) is 0 Å². The van der Waals surface area contributed by atoms with E-state index in [0.717, 1.165) is 24.3 Å². The average molecular weight is 601 g/mol. The lowest BCUT2D eigenvalue weighted by Gasteiger charge is -2.19. The van der Waals surface area contributed by atoms with Crippen molar-refractivity contribution < 1.29 is 48.7 Å². The zero-order valence-corrected chi connectivity index (χ0v) is 20.8. The van der Waals surface area contributed by atoms with E-state index in [1.165, 1.54) is 29.6 Å². The number of alkyl halides is 8. The Kier molecular flexibility index (Phi) is 6.94. The number of nitrogens with one attached hydrogen (secondary N) is 2. The zero-order valence-electron chi connectivity index (χ0n) is 20.8. The van der Waals surface area contributed by atoms with Gasteiger partial charge in [-0.05, 0) is 48.4 Å². The molecule has 2 aromatic carbocycles. The van der Waals surface area contributed by atoms with E-state index >= 15 is 0 Å². The molecule has 0 radical (unpaired) electrons. The first-order valence-corrected chi connectivity index (χ1v) is 12.0. The highest BCUT2D eigenvalue weighted by Gasteiger charge is 2.57. The molecule has 1 amide bonds. The van der Waals surface area contributed by atoms with Gasteiger partial charge in [0.25, 0.3) is 11.5 Å². The van der Waals surface area contributed by atoms with Crippen LogP contribution in [0.25, 0.3) is 44.1 Å². The van der Waals surface area contributed by atoms with Crippen LogP contribution in [0.1, 0.15) is 22.5 Å². The number of benzene rings is 2. The monoisotopic (exact) mass is 601 g/mol. The van der Waals surface area contributed by atoms with Crippen molar-refractivity contribution in [2.24, 2.45) is 0 Å². The van der Waals surface area contributed by atoms with E-state index in [9.17, 15) is 49.1 Å². The number of hydrogen-bond acceptors (Lipinski definition) is 4. The number of H-pyrrole nitrogens is 1. The number of halogens is 9. The number of fused-ring (bicyclic) bond motifs is 5. The lowest BCUT2D eigenvalue weighted by atomic mass is 9.97. The minimum absolute atomic E-state index is 0.00565. The molecular weight excluding hydrogens is 585 g/mol. The van der Waals surface area contributed by atoms with Crippen LogP contribution in [-0.2, 0) is 6.42 Å². The third kappa shape index (κ3) is 5.50. The first-order chi connectivity index (χ1) is 19.5. The summed E-state index contributed by atoms with van der Waals surface area (Å²) in [4.78, 5) is 32.1. The lowest BCUT2D eigenvalue weighted by Crippen LogP contribution is -2.46. The summed E-state index contributed by atoms with van der Waals surface area (Å²) in [6.45, 7) is -2.04. The highest BCUT2D eigenvalue weighted by molar-refractivity contribution is 6.13. The topological polar surface area (TPSA) is 88.0 Å². The van der Waals surface area contributed by atoms with E-state index in [1.54, 1.807) is 0 Å². The van der Waals surface area contributed by atoms with E-state index in [2.05, 4.69) is 9.97 Å². The van der Waals surface area contributed by atoms with Crippen LogP contribution in [0.2, 0.25) is 0 Å². The van der Waals surface area contributed by atoms with Gasteiger partial charge in [-0.3, -0.25) is 9.59 Å². The first-order valence-electron chi connectivity index (χ1n) is 12.0. The largest absolute Gasteiger partial charge is 0.455 e. The Labute approximate surface area is 228 Å². The number of carbonyl (C=O) groups is 1. The lowest BCUT2D eigenvalue weighted by molar-refractivity contribution is -0.278. The van der Waals surface area contributed by atoms with Crippen LogP contribution >= 0.6 is 0 Å². The third-order valence-corrected chi connectivity index (χ3v) is 6.43. The molecule has 0 bridgehead atoms. The van der Waals surface area contributed by atoms with Crippen molar-refractivity contribution in [2.45, 2.75) is 31.1 Å². The number of aromatic nitrogens is 2. The van der Waals surface area contributed by atoms with Crippen molar-refractivity contribution in [3.05, 3.63) is 76.0 Å². The fourth-order valence-electron chi connectivity index (χ4n) is 4.40. The molecule has 0 saturated carbocycles. The maximum atomic E-state index is 13.7. The van der Waals surface area contributed by atoms with Gasteiger partial charge in [-0.1, -0.05) is 12.1 Å². The maximum Gasteiger partial charge on any atom is 0.455 e. The number of rotatable bonds is 6. The number of pyridine rings is 2. The van der Waals surface area contributed by atoms with Crippen molar-refractivity contribution in [1.82, 2.24) is 15.3 Å². The summed E-state index contributed by atoms with van der Waals surface area (Å²) < 4.78 is 123. The standard InChI is InChI=1S/C27H16F9N3O3/c28-14-4-5-15-19(9-14)38-23(41)20-17-10-16(18(6-7-26(31,32)33)39-24(17)42-21(15)20)12-2-1-3-13(8-12)22(40)37-11-25(29,30)27(34,35)36/h1-5,8-10H,6-7,11H2,(H,37,40)(H,38,41). The second-order valence-electron chi connectivity index (χ2n) is 9.37. The number of carbonyl (C=O) groups excluding carboxylic acids is 1. The first kappa shape index (κ1) is 29.0. The van der Waals surface area contributed by atoms with E-state index in [4.69, 9.17) is 4.42 Å². The van der Waals surface area contributed by atoms with E-state index < -0.39 is 54.9 Å². The van der Waals surface area contributed by atoms with Crippen molar-refractivity contribution in [1.29, 1.82) is 0 Å². The average Bonchev–Trinajstić information content (AvgIpc) is 3.28. The Morgan fingerprint density at radius 1 is 0.952 bits per heavy atom. The molecule has 0 spiro atoms. The number of amides is 1. The van der Waals surface area contributed by atoms with Crippen molar-refractivity contribution in [3.8, 4) is 11.1 Å². The second-order valence-corrected chi connectivity index (χ2v) is 9.37. The molecule has 0 atom stereocenters. The molecule has 15 heteroatoms. The summed E-state index contributed by atoms with van der Waals surface area (Å²) in [5.74, 6) is -7.14. The minimum atomic E-state index is -5.90. The molecular formula is C27H16F9N3O3. The number of hydrogen-bond donors (Lipinski definition) is 2. The fourth-order valence-corrected chi connectivity index (χ4v) is 4.40. The van der Waals surface area contributed by atoms with Gasteiger partial charge < -0.3 is 14.7 Å². The SMILES string of the molecule is O=C(NCC(F)(F)C(F)(F)F)c1cccc(-c2cc3c(nc2CCC(F)(F)F)oc2c4ccc(F)cc4[nH]c(=O)c32)c1. The Hall–Kier alpha value is -4.56. The van der Waals surface area contributed by atoms with Gasteiger partial charge in [0.05, 0.1) is 28.5 Å². The fraction of sp³-hybridized carbons (Fsp3) is 0.222. The van der Waals surface area contributed by atoms with Crippen LogP contribution in [-0.4, -0.2) is 40.7 Å². The summed E-state index contributed by atoms with van der Waals surface area (Å²) in [5, 5.41) is 1.82. The normalized spacial score (nSPS) is 12.9. The van der Waals surface area contributed by atoms with Gasteiger partial charge in [0.2, 0.25) is 5.71 Å². The van der Waals surface area contributed by atoms with Gasteiger partial charge in [-0.25, -0.2) is 9.37 Å². The second kappa shape index (κ2) is 10.1. The predicted octanol–water partition coefficient (Wildman–Crippen LogP) is 7.05. The van der Waals surface area contributed by atoms with Gasteiger partial charge in [0.1, 0.15) is 5.82 Å². The summed E-state index contributed by atoms with van der Waals surface area (Å²) >= 11 is 0. The highest BCUT2D eigenvalue weighted by Crippen LogP contribution is 2.37. The van der Waals surface area contributed by atoms with Crippen molar-refractivity contribution >= 4 is 38.9 Å². The Bertz CT molecular complexity index is 1910. The quantitative estimate of drug-likeness (QED) is 0.204. The maximum absolute atomic E-state index is 13.7. The van der Waals surface area contributed by atoms with Crippen molar-refractivity contribution in [2.75, 3.05) is 6.54 Å². The minimum Gasteiger partial charge on any atom is -0.437 e. The Morgan fingerprint density at radius 3 is 2.38 bits per heavy atom. The van der Waals surface area contributed by atoms with E-state index in [1.807, 2.05) is 0 Å². The molecule has 5 aromatic rings. The van der Waals surface area contributed by atoms with Crippen LogP contribution in [0.15, 0.2) is 57.7 Å². The summed E-state index contributed by atoms with van der Waals surface area (Å²) in [5.41, 5.74) is -1.27. The number of furan rings is 1. The number of aryl methyl sites for hydroxylation is 1. The molecule has 0 unspecified atom stereocenters. The predicted molar refractivity (Wildman–Crippen MR) is 133 cm³/mol. The molecule has 0 saturated heterocycles. The van der Waals surface area contributed by atoms with E-state index in [-0.39, 0.29) is 55.4 Å². The van der Waals surface area contributed by atoms with Crippen LogP contribution in [0.4, 0.5) is 39.5 Å². The van der Waals surface area contributed by atoms with Crippen LogP contribution in [0.5, 0.6) is 0 Å². The Morgan fingerprint density at radius 2 is 1.69 bits per heavy atom. The van der Waals surface area contributed by atoms with Gasteiger partial charge in [-0.2, -0.15) is 35.1 Å². The van der Waals surface area contributed by atoms with Gasteiger partial charge in [0, 0.05) is 22.9 Å². The number of aromatic amines is 1. The zero-order chi connectivity index (χ0) is 30.6. The summed E-state index contributed by atoms with van der Waals surface area (Å²) in [7, 11) is 0. The molecule has 3 aromatic heterocycles. The van der Waals surface area contributed by atoms with Crippen molar-refractivity contribution in [3.63, 3.8) is 0 Å². The molecule has 0 aliphatic heterocycles.